The van der Waals surface area contributed by atoms with Crippen LogP contribution in [0.2, 0.25) is 0 Å². The minimum Gasteiger partial charge on any atom is -0.355 e. The quantitative estimate of drug-likeness (QED) is 0.862. The zero-order valence-electron chi connectivity index (χ0n) is 13.2. The van der Waals surface area contributed by atoms with Crippen LogP contribution in [0.4, 0.5) is 19.0 Å². The maximum atomic E-state index is 12.6. The normalized spacial score (nSPS) is 16.9. The second-order valence-electron chi connectivity index (χ2n) is 5.88. The minimum atomic E-state index is -4.34. The number of alkyl halides is 3. The highest BCUT2D eigenvalue weighted by atomic mass is 19.4. The molecule has 7 heteroatoms. The third-order valence-corrected chi connectivity index (χ3v) is 4.14. The van der Waals surface area contributed by atoms with Crippen LogP contribution in [-0.2, 0) is 12.7 Å². The number of hydrogen-bond donors (Lipinski definition) is 0. The molecule has 0 aliphatic carbocycles. The Bertz CT molecular complexity index is 643. The Kier molecular flexibility index (Phi) is 4.99. The molecule has 1 aliphatic rings. The Balaban J connectivity index is 1.61. The topological polar surface area (TPSA) is 32.3 Å². The summed E-state index contributed by atoms with van der Waals surface area (Å²) >= 11 is 0. The van der Waals surface area contributed by atoms with Crippen molar-refractivity contribution in [2.24, 2.45) is 0 Å². The molecule has 0 atom stereocenters. The molecule has 4 nitrogen and oxygen atoms in total. The number of pyridine rings is 2. The first-order chi connectivity index (χ1) is 11.5. The van der Waals surface area contributed by atoms with Crippen LogP contribution in [0.3, 0.4) is 0 Å². The average molecular weight is 336 g/mol. The van der Waals surface area contributed by atoms with Gasteiger partial charge in [0.25, 0.3) is 0 Å². The summed E-state index contributed by atoms with van der Waals surface area (Å²) in [5, 5.41) is 0. The smallest absolute Gasteiger partial charge is 0.355 e. The van der Waals surface area contributed by atoms with Gasteiger partial charge in [-0.1, -0.05) is 0 Å². The molecule has 0 saturated carbocycles. The van der Waals surface area contributed by atoms with Crippen molar-refractivity contribution in [2.45, 2.75) is 19.1 Å². The van der Waals surface area contributed by atoms with Gasteiger partial charge in [0.1, 0.15) is 5.82 Å². The van der Waals surface area contributed by atoms with Crippen LogP contribution in [0.25, 0.3) is 0 Å². The fourth-order valence-electron chi connectivity index (χ4n) is 2.85. The summed E-state index contributed by atoms with van der Waals surface area (Å²) < 4.78 is 37.9. The summed E-state index contributed by atoms with van der Waals surface area (Å²) in [6, 6.07) is 6.56. The molecule has 0 amide bonds. The molecule has 0 unspecified atom stereocenters. The fourth-order valence-corrected chi connectivity index (χ4v) is 2.85. The molecular weight excluding hydrogens is 317 g/mol. The van der Waals surface area contributed by atoms with E-state index in [1.807, 2.05) is 17.0 Å². The van der Waals surface area contributed by atoms with Crippen LogP contribution in [0.15, 0.2) is 42.9 Å². The lowest BCUT2D eigenvalue weighted by Crippen LogP contribution is -2.31. The van der Waals surface area contributed by atoms with Crippen LogP contribution in [-0.4, -0.2) is 41.0 Å². The third-order valence-electron chi connectivity index (χ3n) is 4.14. The van der Waals surface area contributed by atoms with Gasteiger partial charge < -0.3 is 4.90 Å². The van der Waals surface area contributed by atoms with Crippen molar-refractivity contribution in [2.75, 3.05) is 31.1 Å². The predicted octanol–water partition coefficient (Wildman–Crippen LogP) is 3.21. The molecular formula is C17H19F3N4. The van der Waals surface area contributed by atoms with Crippen LogP contribution in [0.5, 0.6) is 0 Å². The first-order valence-corrected chi connectivity index (χ1v) is 7.92. The molecule has 0 N–H and O–H groups in total. The molecule has 0 radical (unpaired) electrons. The summed E-state index contributed by atoms with van der Waals surface area (Å²) in [7, 11) is 0. The van der Waals surface area contributed by atoms with E-state index in [0.717, 1.165) is 51.4 Å². The highest BCUT2D eigenvalue weighted by Gasteiger charge is 2.31. The van der Waals surface area contributed by atoms with Crippen molar-refractivity contribution in [3.8, 4) is 0 Å². The first kappa shape index (κ1) is 16.7. The van der Waals surface area contributed by atoms with Crippen LogP contribution in [0, 0.1) is 0 Å². The number of hydrogen-bond acceptors (Lipinski definition) is 4. The number of rotatable bonds is 3. The Hall–Kier alpha value is -2.15. The highest BCUT2D eigenvalue weighted by Crippen LogP contribution is 2.29. The van der Waals surface area contributed by atoms with Crippen molar-refractivity contribution in [3.05, 3.63) is 54.0 Å². The molecule has 1 aliphatic heterocycles. The highest BCUT2D eigenvalue weighted by molar-refractivity contribution is 5.40. The Morgan fingerprint density at radius 1 is 0.958 bits per heavy atom. The van der Waals surface area contributed by atoms with Gasteiger partial charge in [-0.3, -0.25) is 9.88 Å². The molecule has 24 heavy (non-hydrogen) atoms. The maximum absolute atomic E-state index is 12.6. The molecule has 1 saturated heterocycles. The SMILES string of the molecule is FC(F)(F)c1ccc(N2CCCN(Cc3ccncc3)CC2)nc1. The molecule has 0 bridgehead atoms. The van der Waals surface area contributed by atoms with Crippen molar-refractivity contribution >= 4 is 5.82 Å². The largest absolute Gasteiger partial charge is 0.417 e. The van der Waals surface area contributed by atoms with Crippen molar-refractivity contribution in [3.63, 3.8) is 0 Å². The van der Waals surface area contributed by atoms with E-state index in [1.165, 1.54) is 11.6 Å². The number of anilines is 1. The standard InChI is InChI=1S/C17H19F3N4/c18-17(19,20)15-2-3-16(22-12-15)24-9-1-8-23(10-11-24)13-14-4-6-21-7-5-14/h2-7,12H,1,8-11,13H2. The minimum absolute atomic E-state index is 0.605. The lowest BCUT2D eigenvalue weighted by Gasteiger charge is -2.23. The predicted molar refractivity (Wildman–Crippen MR) is 85.6 cm³/mol. The van der Waals surface area contributed by atoms with Gasteiger partial charge in [-0.25, -0.2) is 4.98 Å². The molecule has 2 aromatic rings. The fraction of sp³-hybridized carbons (Fsp3) is 0.412. The van der Waals surface area contributed by atoms with Gasteiger partial charge in [0.2, 0.25) is 0 Å². The van der Waals surface area contributed by atoms with Gasteiger partial charge in [0.05, 0.1) is 5.56 Å². The van der Waals surface area contributed by atoms with Gasteiger partial charge in [-0.05, 0) is 36.2 Å². The Morgan fingerprint density at radius 2 is 1.75 bits per heavy atom. The molecule has 0 aromatic carbocycles. The zero-order chi connectivity index (χ0) is 17.0. The molecule has 3 rings (SSSR count). The summed E-state index contributed by atoms with van der Waals surface area (Å²) in [6.45, 7) is 4.22. The molecule has 0 spiro atoms. The van der Waals surface area contributed by atoms with Gasteiger partial charge in [-0.15, -0.1) is 0 Å². The second kappa shape index (κ2) is 7.17. The third kappa shape index (κ3) is 4.23. The van der Waals surface area contributed by atoms with Gasteiger partial charge in [0, 0.05) is 51.3 Å². The zero-order valence-corrected chi connectivity index (χ0v) is 13.2. The van der Waals surface area contributed by atoms with E-state index in [9.17, 15) is 13.2 Å². The molecule has 2 aromatic heterocycles. The number of nitrogens with zero attached hydrogens (tertiary/aromatic N) is 4. The second-order valence-corrected chi connectivity index (χ2v) is 5.88. The van der Waals surface area contributed by atoms with E-state index < -0.39 is 11.7 Å². The van der Waals surface area contributed by atoms with Crippen molar-refractivity contribution in [1.29, 1.82) is 0 Å². The van der Waals surface area contributed by atoms with Gasteiger partial charge >= 0.3 is 6.18 Å². The van der Waals surface area contributed by atoms with E-state index in [0.29, 0.717) is 5.82 Å². The average Bonchev–Trinajstić information content (AvgIpc) is 2.81. The van der Waals surface area contributed by atoms with E-state index in [4.69, 9.17) is 0 Å². The monoisotopic (exact) mass is 336 g/mol. The first-order valence-electron chi connectivity index (χ1n) is 7.92. The van der Waals surface area contributed by atoms with E-state index in [-0.39, 0.29) is 0 Å². The Morgan fingerprint density at radius 3 is 2.42 bits per heavy atom. The number of halogens is 3. The van der Waals surface area contributed by atoms with E-state index >= 15 is 0 Å². The lowest BCUT2D eigenvalue weighted by molar-refractivity contribution is -0.137. The van der Waals surface area contributed by atoms with E-state index in [2.05, 4.69) is 14.9 Å². The summed E-state index contributed by atoms with van der Waals surface area (Å²) in [5.74, 6) is 0.605. The summed E-state index contributed by atoms with van der Waals surface area (Å²) in [6.07, 6.45) is 1.09. The van der Waals surface area contributed by atoms with E-state index in [1.54, 1.807) is 12.4 Å². The molecule has 1 fully saturated rings. The van der Waals surface area contributed by atoms with Crippen LogP contribution in [0.1, 0.15) is 17.5 Å². The van der Waals surface area contributed by atoms with Crippen LogP contribution >= 0.6 is 0 Å². The number of aromatic nitrogens is 2. The summed E-state index contributed by atoms with van der Waals surface area (Å²) in [5.41, 5.74) is 0.506. The lowest BCUT2D eigenvalue weighted by atomic mass is 10.2. The Labute approximate surface area is 138 Å². The molecule has 128 valence electrons. The van der Waals surface area contributed by atoms with Crippen molar-refractivity contribution in [1.82, 2.24) is 14.9 Å². The van der Waals surface area contributed by atoms with Gasteiger partial charge in [0.15, 0.2) is 0 Å². The summed E-state index contributed by atoms with van der Waals surface area (Å²) in [4.78, 5) is 12.4. The van der Waals surface area contributed by atoms with Crippen molar-refractivity contribution < 1.29 is 13.2 Å². The van der Waals surface area contributed by atoms with Gasteiger partial charge in [-0.2, -0.15) is 13.2 Å². The van der Waals surface area contributed by atoms with Crippen LogP contribution < -0.4 is 4.90 Å². The maximum Gasteiger partial charge on any atom is 0.417 e. The molecule has 3 heterocycles.